The van der Waals surface area contributed by atoms with Gasteiger partial charge in [0.15, 0.2) is 0 Å². The maximum absolute atomic E-state index is 11.2. The third-order valence-electron chi connectivity index (χ3n) is 8.07. The summed E-state index contributed by atoms with van der Waals surface area (Å²) in [5, 5.41) is 21.2. The lowest BCUT2D eigenvalue weighted by atomic mass is 9.48. The highest BCUT2D eigenvalue weighted by Gasteiger charge is 2.64. The molecule has 0 bridgehead atoms. The Labute approximate surface area is 146 Å². The van der Waals surface area contributed by atoms with Crippen molar-refractivity contribution < 1.29 is 10.2 Å². The highest BCUT2D eigenvalue weighted by Crippen LogP contribution is 2.67. The van der Waals surface area contributed by atoms with Gasteiger partial charge >= 0.3 is 0 Å². The Kier molecular flexibility index (Phi) is 3.75. The number of hydrogen-bond donors (Lipinski definition) is 2. The van der Waals surface area contributed by atoms with Crippen LogP contribution >= 0.6 is 0 Å². The molecule has 0 aliphatic heterocycles. The summed E-state index contributed by atoms with van der Waals surface area (Å²) >= 11 is 0. The van der Waals surface area contributed by atoms with E-state index in [1.165, 1.54) is 11.1 Å². The molecule has 4 aliphatic rings. The first kappa shape index (κ1) is 16.4. The monoisotopic (exact) mass is 326 g/mol. The predicted molar refractivity (Wildman–Crippen MR) is 96.0 cm³/mol. The molecule has 0 heterocycles. The number of terminal acetylenes is 1. The molecule has 0 radical (unpaired) electrons. The summed E-state index contributed by atoms with van der Waals surface area (Å²) in [6, 6.07) is 0. The highest BCUT2D eigenvalue weighted by molar-refractivity contribution is 5.32. The van der Waals surface area contributed by atoms with Gasteiger partial charge in [0.05, 0.1) is 6.10 Å². The summed E-state index contributed by atoms with van der Waals surface area (Å²) in [4.78, 5) is 0. The van der Waals surface area contributed by atoms with Gasteiger partial charge in [0.25, 0.3) is 0 Å². The fourth-order valence-corrected chi connectivity index (χ4v) is 7.03. The number of aliphatic hydroxyl groups is 2. The van der Waals surface area contributed by atoms with Gasteiger partial charge in [-0.05, 0) is 75.0 Å². The smallest absolute Gasteiger partial charge is 0.131 e. The fourth-order valence-electron chi connectivity index (χ4n) is 7.03. The summed E-state index contributed by atoms with van der Waals surface area (Å²) in [5.74, 6) is 5.00. The van der Waals surface area contributed by atoms with E-state index >= 15 is 0 Å². The molecular weight excluding hydrogens is 296 g/mol. The van der Waals surface area contributed by atoms with E-state index in [-0.39, 0.29) is 11.5 Å². The largest absolute Gasteiger partial charge is 0.389 e. The number of rotatable bonds is 1. The van der Waals surface area contributed by atoms with Crippen molar-refractivity contribution in [3.8, 4) is 12.3 Å². The molecule has 0 aromatic heterocycles. The molecule has 24 heavy (non-hydrogen) atoms. The lowest BCUT2D eigenvalue weighted by Crippen LogP contribution is -2.54. The normalized spacial score (nSPS) is 50.3. The Balaban J connectivity index is 1.73. The van der Waals surface area contributed by atoms with Crippen molar-refractivity contribution >= 4 is 0 Å². The molecule has 3 saturated carbocycles. The minimum absolute atomic E-state index is 0.171. The molecule has 0 amide bonds. The zero-order chi connectivity index (χ0) is 17.1. The van der Waals surface area contributed by atoms with E-state index in [1.54, 1.807) is 0 Å². The molecule has 3 fully saturated rings. The van der Waals surface area contributed by atoms with Crippen molar-refractivity contribution in [2.75, 3.05) is 0 Å². The van der Waals surface area contributed by atoms with E-state index in [0.29, 0.717) is 23.7 Å². The Morgan fingerprint density at radius 3 is 2.83 bits per heavy atom. The molecule has 4 aliphatic carbocycles. The first-order valence-corrected chi connectivity index (χ1v) is 9.72. The maximum atomic E-state index is 11.2. The average molecular weight is 326 g/mol. The second-order valence-electron chi connectivity index (χ2n) is 8.72. The number of allylic oxidation sites excluding steroid dienone is 2. The molecule has 130 valence electrons. The molecule has 7 atom stereocenters. The summed E-state index contributed by atoms with van der Waals surface area (Å²) in [6.45, 7) is 6.69. The van der Waals surface area contributed by atoms with Gasteiger partial charge in [0, 0.05) is 5.41 Å². The van der Waals surface area contributed by atoms with E-state index in [0.717, 1.165) is 51.4 Å². The Hall–Kier alpha value is -1.04. The minimum Gasteiger partial charge on any atom is -0.389 e. The summed E-state index contributed by atoms with van der Waals surface area (Å²) < 4.78 is 0. The van der Waals surface area contributed by atoms with Crippen LogP contribution in [0, 0.1) is 41.4 Å². The Bertz CT molecular complexity index is 626. The minimum atomic E-state index is -0.959. The molecule has 4 rings (SSSR count). The van der Waals surface area contributed by atoms with E-state index in [2.05, 4.69) is 25.5 Å². The quantitative estimate of drug-likeness (QED) is 0.568. The molecule has 0 saturated heterocycles. The molecular formula is C22H30O2. The van der Waals surface area contributed by atoms with Gasteiger partial charge < -0.3 is 10.2 Å². The SMILES string of the molecule is C#CC1(O)CCC2C3CCC4=C[C@@H](O)CCC4C3C(=C)C[C@@]21CC. The van der Waals surface area contributed by atoms with E-state index in [4.69, 9.17) is 6.42 Å². The van der Waals surface area contributed by atoms with Crippen LogP contribution in [0.4, 0.5) is 0 Å². The van der Waals surface area contributed by atoms with Crippen LogP contribution < -0.4 is 0 Å². The van der Waals surface area contributed by atoms with Gasteiger partial charge in [0.1, 0.15) is 5.60 Å². The molecule has 0 aromatic carbocycles. The van der Waals surface area contributed by atoms with Crippen LogP contribution in [-0.2, 0) is 0 Å². The Morgan fingerprint density at radius 1 is 1.33 bits per heavy atom. The van der Waals surface area contributed by atoms with E-state index in [1.807, 2.05) is 0 Å². The topological polar surface area (TPSA) is 40.5 Å². The second-order valence-corrected chi connectivity index (χ2v) is 8.72. The third-order valence-corrected chi connectivity index (χ3v) is 8.07. The van der Waals surface area contributed by atoms with Crippen LogP contribution in [0.2, 0.25) is 0 Å². The number of fused-ring (bicyclic) bond motifs is 5. The van der Waals surface area contributed by atoms with Crippen LogP contribution in [-0.4, -0.2) is 21.9 Å². The summed E-state index contributed by atoms with van der Waals surface area (Å²) in [6.07, 6.45) is 15.5. The van der Waals surface area contributed by atoms with Crippen molar-refractivity contribution in [2.45, 2.75) is 70.0 Å². The van der Waals surface area contributed by atoms with Crippen molar-refractivity contribution in [3.63, 3.8) is 0 Å². The lowest BCUT2D eigenvalue weighted by molar-refractivity contribution is -0.0794. The molecule has 2 heteroatoms. The van der Waals surface area contributed by atoms with Crippen molar-refractivity contribution in [1.29, 1.82) is 0 Å². The molecule has 0 aromatic rings. The Morgan fingerprint density at radius 2 is 2.12 bits per heavy atom. The van der Waals surface area contributed by atoms with Crippen LogP contribution in [0.15, 0.2) is 23.8 Å². The van der Waals surface area contributed by atoms with Crippen molar-refractivity contribution in [1.82, 2.24) is 0 Å². The van der Waals surface area contributed by atoms with Crippen LogP contribution in [0.3, 0.4) is 0 Å². The van der Waals surface area contributed by atoms with E-state index < -0.39 is 5.60 Å². The molecule has 5 unspecified atom stereocenters. The number of aliphatic hydroxyl groups excluding tert-OH is 1. The molecule has 0 spiro atoms. The van der Waals surface area contributed by atoms with Crippen molar-refractivity contribution in [2.24, 2.45) is 29.1 Å². The van der Waals surface area contributed by atoms with Gasteiger partial charge in [0.2, 0.25) is 0 Å². The standard InChI is InChI=1S/C22H30O2/c1-4-21-13-14(3)20-17-9-7-16(23)12-15(17)6-8-18(20)19(21)10-11-22(21,24)5-2/h2,12,16-20,23-24H,3-4,6-11,13H2,1H3/t16-,17?,18?,19?,20?,21-,22?/m0/s1. The number of hydrogen-bond acceptors (Lipinski definition) is 2. The van der Waals surface area contributed by atoms with Gasteiger partial charge in [-0.15, -0.1) is 6.42 Å². The summed E-state index contributed by atoms with van der Waals surface area (Å²) in [7, 11) is 0. The maximum Gasteiger partial charge on any atom is 0.131 e. The summed E-state index contributed by atoms with van der Waals surface area (Å²) in [5.41, 5.74) is 1.64. The van der Waals surface area contributed by atoms with Gasteiger partial charge in [-0.3, -0.25) is 0 Å². The zero-order valence-corrected chi connectivity index (χ0v) is 14.8. The molecule has 2 N–H and O–H groups in total. The van der Waals surface area contributed by atoms with Gasteiger partial charge in [-0.2, -0.15) is 0 Å². The average Bonchev–Trinajstić information content (AvgIpc) is 2.88. The zero-order valence-electron chi connectivity index (χ0n) is 14.8. The predicted octanol–water partition coefficient (Wildman–Crippen LogP) is 3.84. The van der Waals surface area contributed by atoms with Crippen LogP contribution in [0.1, 0.15) is 58.3 Å². The molecule has 2 nitrogen and oxygen atoms in total. The highest BCUT2D eigenvalue weighted by atomic mass is 16.3. The third kappa shape index (κ3) is 1.98. The van der Waals surface area contributed by atoms with Gasteiger partial charge in [-0.1, -0.05) is 36.6 Å². The first-order chi connectivity index (χ1) is 11.5. The second kappa shape index (κ2) is 5.48. The van der Waals surface area contributed by atoms with E-state index in [9.17, 15) is 10.2 Å². The van der Waals surface area contributed by atoms with Crippen molar-refractivity contribution in [3.05, 3.63) is 23.8 Å². The van der Waals surface area contributed by atoms with Crippen LogP contribution in [0.5, 0.6) is 0 Å². The fraction of sp³-hybridized carbons (Fsp3) is 0.727. The van der Waals surface area contributed by atoms with Gasteiger partial charge in [-0.25, -0.2) is 0 Å². The van der Waals surface area contributed by atoms with Crippen LogP contribution in [0.25, 0.3) is 0 Å². The first-order valence-electron chi connectivity index (χ1n) is 9.72. The lowest BCUT2D eigenvalue weighted by Gasteiger charge is -2.57.